The SMILES string of the molecule is CCCCCCCCCCCCCCCCCCC[C@@H](O)[C@H](COP(=O)(O)OCC[N+](C)(C)C)NC(=O)CCCCCCCCC. The topological polar surface area (TPSA) is 105 Å². The molecule has 0 radical (unpaired) electrons. The van der Waals surface area contributed by atoms with Crippen LogP contribution < -0.4 is 5.32 Å². The third-order valence-electron chi connectivity index (χ3n) is 8.86. The fourth-order valence-electron chi connectivity index (χ4n) is 5.69. The molecule has 0 fully saturated rings. The third-order valence-corrected chi connectivity index (χ3v) is 9.84. The number of carbonyl (C=O) groups is 1. The summed E-state index contributed by atoms with van der Waals surface area (Å²) in [6.07, 6.45) is 29.9. The van der Waals surface area contributed by atoms with Crippen LogP contribution in [0.25, 0.3) is 0 Å². The van der Waals surface area contributed by atoms with Crippen molar-refractivity contribution in [2.24, 2.45) is 0 Å². The summed E-state index contributed by atoms with van der Waals surface area (Å²) >= 11 is 0. The second-order valence-corrected chi connectivity index (χ2v) is 16.1. The molecule has 1 amide bonds. The summed E-state index contributed by atoms with van der Waals surface area (Å²) in [5, 5.41) is 13.8. The molecule has 0 aromatic carbocycles. The third kappa shape index (κ3) is 32.1. The predicted octanol–water partition coefficient (Wildman–Crippen LogP) is 9.85. The molecule has 0 rings (SSSR count). The van der Waals surface area contributed by atoms with E-state index < -0.39 is 20.0 Å². The average Bonchev–Trinajstić information content (AvgIpc) is 2.99. The molecule has 0 aromatic heterocycles. The average molecular weight is 678 g/mol. The lowest BCUT2D eigenvalue weighted by Gasteiger charge is -2.26. The van der Waals surface area contributed by atoms with Gasteiger partial charge in [-0.25, -0.2) is 4.57 Å². The van der Waals surface area contributed by atoms with Gasteiger partial charge in [-0.1, -0.05) is 162 Å². The Morgan fingerprint density at radius 2 is 1.04 bits per heavy atom. The Morgan fingerprint density at radius 3 is 1.46 bits per heavy atom. The molecule has 8 nitrogen and oxygen atoms in total. The molecule has 46 heavy (non-hydrogen) atoms. The molecule has 0 saturated heterocycles. The number of hydrogen-bond acceptors (Lipinski definition) is 5. The van der Waals surface area contributed by atoms with E-state index in [0.717, 1.165) is 38.5 Å². The number of nitrogens with zero attached hydrogens (tertiary/aromatic N) is 1. The van der Waals surface area contributed by atoms with E-state index in [1.54, 1.807) is 0 Å². The normalized spacial score (nSPS) is 14.7. The number of phosphoric acid groups is 1. The van der Waals surface area contributed by atoms with Gasteiger partial charge in [-0.3, -0.25) is 13.8 Å². The molecule has 0 aromatic rings. The van der Waals surface area contributed by atoms with E-state index >= 15 is 0 Å². The smallest absolute Gasteiger partial charge is 0.391 e. The molecule has 276 valence electrons. The van der Waals surface area contributed by atoms with Crippen molar-refractivity contribution in [2.75, 3.05) is 40.9 Å². The molecule has 0 heterocycles. The van der Waals surface area contributed by atoms with E-state index in [4.69, 9.17) is 9.05 Å². The Bertz CT molecular complexity index is 733. The molecular formula is C37H78N2O6P+. The summed E-state index contributed by atoms with van der Waals surface area (Å²) in [5.74, 6) is -0.151. The number of phosphoric ester groups is 1. The highest BCUT2D eigenvalue weighted by atomic mass is 31.2. The molecule has 3 N–H and O–H groups in total. The van der Waals surface area contributed by atoms with E-state index in [1.807, 2.05) is 21.1 Å². The van der Waals surface area contributed by atoms with Crippen molar-refractivity contribution in [1.29, 1.82) is 0 Å². The number of amides is 1. The van der Waals surface area contributed by atoms with Gasteiger partial charge in [0.15, 0.2) is 0 Å². The Hall–Kier alpha value is -0.500. The van der Waals surface area contributed by atoms with E-state index in [-0.39, 0.29) is 19.1 Å². The zero-order valence-corrected chi connectivity index (χ0v) is 32.0. The van der Waals surface area contributed by atoms with Crippen LogP contribution in [-0.2, 0) is 18.4 Å². The van der Waals surface area contributed by atoms with Crippen LogP contribution in [0.3, 0.4) is 0 Å². The molecule has 1 unspecified atom stereocenters. The summed E-state index contributed by atoms with van der Waals surface area (Å²) in [4.78, 5) is 22.9. The fraction of sp³-hybridized carbons (Fsp3) is 0.973. The van der Waals surface area contributed by atoms with Gasteiger partial charge in [-0.15, -0.1) is 0 Å². The summed E-state index contributed by atoms with van der Waals surface area (Å²) in [6, 6.07) is -0.749. The molecule has 0 aliphatic carbocycles. The van der Waals surface area contributed by atoms with Gasteiger partial charge < -0.3 is 19.8 Å². The number of carbonyl (C=O) groups excluding carboxylic acids is 1. The van der Waals surface area contributed by atoms with Crippen molar-refractivity contribution >= 4 is 13.7 Å². The van der Waals surface area contributed by atoms with Gasteiger partial charge in [0.2, 0.25) is 5.91 Å². The van der Waals surface area contributed by atoms with Crippen molar-refractivity contribution in [3.8, 4) is 0 Å². The number of aliphatic hydroxyl groups is 1. The first-order valence-electron chi connectivity index (χ1n) is 19.4. The quantitative estimate of drug-likeness (QED) is 0.0350. The van der Waals surface area contributed by atoms with Crippen LogP contribution in [0, 0.1) is 0 Å². The van der Waals surface area contributed by atoms with Gasteiger partial charge in [0.25, 0.3) is 0 Å². The Labute approximate surface area is 285 Å². The molecule has 0 saturated carbocycles. The lowest BCUT2D eigenvalue weighted by molar-refractivity contribution is -0.870. The second-order valence-electron chi connectivity index (χ2n) is 14.7. The van der Waals surface area contributed by atoms with Gasteiger partial charge in [-0.2, -0.15) is 0 Å². The number of rotatable bonds is 35. The van der Waals surface area contributed by atoms with Crippen LogP contribution in [0.1, 0.15) is 181 Å². The first kappa shape index (κ1) is 45.5. The van der Waals surface area contributed by atoms with Crippen LogP contribution in [0.15, 0.2) is 0 Å². The summed E-state index contributed by atoms with van der Waals surface area (Å²) in [6.45, 7) is 4.84. The Kier molecular flexibility index (Phi) is 30.2. The number of hydrogen-bond donors (Lipinski definition) is 3. The van der Waals surface area contributed by atoms with Gasteiger partial charge in [-0.05, 0) is 12.8 Å². The number of aliphatic hydroxyl groups excluding tert-OH is 1. The number of nitrogens with one attached hydrogen (secondary N) is 1. The highest BCUT2D eigenvalue weighted by Gasteiger charge is 2.28. The zero-order valence-electron chi connectivity index (χ0n) is 31.1. The van der Waals surface area contributed by atoms with Crippen molar-refractivity contribution in [2.45, 2.75) is 193 Å². The van der Waals surface area contributed by atoms with Crippen LogP contribution in [-0.4, -0.2) is 73.4 Å². The second kappa shape index (κ2) is 30.6. The molecular weight excluding hydrogens is 599 g/mol. The molecule has 0 aliphatic rings. The van der Waals surface area contributed by atoms with E-state index in [9.17, 15) is 19.4 Å². The maximum atomic E-state index is 12.7. The summed E-state index contributed by atoms with van der Waals surface area (Å²) in [5.41, 5.74) is 0. The van der Waals surface area contributed by atoms with Crippen LogP contribution >= 0.6 is 7.82 Å². The summed E-state index contributed by atoms with van der Waals surface area (Å²) < 4.78 is 23.4. The maximum absolute atomic E-state index is 12.7. The van der Waals surface area contributed by atoms with Gasteiger partial charge >= 0.3 is 7.82 Å². The molecule has 3 atom stereocenters. The molecule has 0 spiro atoms. The maximum Gasteiger partial charge on any atom is 0.472 e. The molecule has 9 heteroatoms. The lowest BCUT2D eigenvalue weighted by atomic mass is 10.0. The van der Waals surface area contributed by atoms with Crippen molar-refractivity contribution < 1.29 is 32.9 Å². The van der Waals surface area contributed by atoms with Crippen LogP contribution in [0.5, 0.6) is 0 Å². The highest BCUT2D eigenvalue weighted by molar-refractivity contribution is 7.47. The van der Waals surface area contributed by atoms with Crippen molar-refractivity contribution in [1.82, 2.24) is 5.32 Å². The first-order chi connectivity index (χ1) is 22.0. The zero-order chi connectivity index (χ0) is 34.4. The first-order valence-corrected chi connectivity index (χ1v) is 20.9. The lowest BCUT2D eigenvalue weighted by Crippen LogP contribution is -2.46. The molecule has 0 aliphatic heterocycles. The number of unbranched alkanes of at least 4 members (excludes halogenated alkanes) is 22. The minimum Gasteiger partial charge on any atom is -0.391 e. The standard InChI is InChI=1S/C37H77N2O6P/c1-6-8-10-12-14-15-16-17-18-19-20-21-22-23-25-26-28-30-36(40)35(34-45-46(42,43)44-33-32-39(3,4)5)38-37(41)31-29-27-24-13-11-9-7-2/h35-36,40H,6-34H2,1-5H3,(H-,38,41,42,43)/p+1/t35-,36+/m0/s1. The van der Waals surface area contributed by atoms with E-state index in [1.165, 1.54) is 116 Å². The van der Waals surface area contributed by atoms with Gasteiger partial charge in [0.1, 0.15) is 13.2 Å². The van der Waals surface area contributed by atoms with Gasteiger partial charge in [0, 0.05) is 6.42 Å². The summed E-state index contributed by atoms with van der Waals surface area (Å²) in [7, 11) is 1.62. The monoisotopic (exact) mass is 678 g/mol. The van der Waals surface area contributed by atoms with Crippen LogP contribution in [0.4, 0.5) is 0 Å². The Balaban J connectivity index is 4.31. The highest BCUT2D eigenvalue weighted by Crippen LogP contribution is 2.43. The van der Waals surface area contributed by atoms with Crippen molar-refractivity contribution in [3.05, 3.63) is 0 Å². The minimum atomic E-state index is -4.29. The Morgan fingerprint density at radius 1 is 0.652 bits per heavy atom. The largest absolute Gasteiger partial charge is 0.472 e. The predicted molar refractivity (Wildman–Crippen MR) is 194 cm³/mol. The fourth-order valence-corrected chi connectivity index (χ4v) is 6.43. The van der Waals surface area contributed by atoms with E-state index in [0.29, 0.717) is 23.9 Å². The van der Waals surface area contributed by atoms with Gasteiger partial charge in [0.05, 0.1) is 39.9 Å². The number of quaternary nitrogens is 1. The van der Waals surface area contributed by atoms with E-state index in [2.05, 4.69) is 19.2 Å². The number of likely N-dealkylation sites (N-methyl/N-ethyl adjacent to an activating group) is 1. The molecule has 0 bridgehead atoms. The minimum absolute atomic E-state index is 0.0777. The van der Waals surface area contributed by atoms with Crippen molar-refractivity contribution in [3.63, 3.8) is 0 Å². The van der Waals surface area contributed by atoms with Crippen LogP contribution in [0.2, 0.25) is 0 Å².